The summed E-state index contributed by atoms with van der Waals surface area (Å²) < 4.78 is 26.9. The highest BCUT2D eigenvalue weighted by Gasteiger charge is 2.15. The van der Waals surface area contributed by atoms with Gasteiger partial charge in [0, 0.05) is 22.6 Å². The molecule has 0 saturated carbocycles. The molecule has 8 heteroatoms. The molecule has 4 N–H and O–H groups in total. The summed E-state index contributed by atoms with van der Waals surface area (Å²) in [6.45, 7) is 0.108. The highest BCUT2D eigenvalue weighted by Crippen LogP contribution is 2.22. The Balaban J connectivity index is 2.17. The number of rotatable bonds is 4. The van der Waals surface area contributed by atoms with Gasteiger partial charge in [-0.05, 0) is 34.1 Å². The maximum Gasteiger partial charge on any atom is 0.241 e. The van der Waals surface area contributed by atoms with Gasteiger partial charge in [0.15, 0.2) is 0 Å². The van der Waals surface area contributed by atoms with E-state index in [-0.39, 0.29) is 11.4 Å². The summed E-state index contributed by atoms with van der Waals surface area (Å²) in [6, 6.07) is 4.44. The molecule has 0 aliphatic heterocycles. The molecule has 0 atom stereocenters. The number of nitrogens with one attached hydrogen (secondary N) is 2. The standard InChI is InChI=1S/C10H11BrN4O2S/c11-8-5-7(1-2-9(8)12)18(16,17)15-6-10-13-3-4-14-10/h1-5,15H,6,12H2,(H,13,14). The van der Waals surface area contributed by atoms with E-state index in [9.17, 15) is 8.42 Å². The minimum Gasteiger partial charge on any atom is -0.398 e. The second-order valence-corrected chi connectivity index (χ2v) is 6.17. The van der Waals surface area contributed by atoms with Crippen LogP contribution >= 0.6 is 15.9 Å². The molecule has 6 nitrogen and oxygen atoms in total. The molecule has 2 aromatic rings. The summed E-state index contributed by atoms with van der Waals surface area (Å²) in [5, 5.41) is 0. The van der Waals surface area contributed by atoms with Gasteiger partial charge >= 0.3 is 0 Å². The lowest BCUT2D eigenvalue weighted by Crippen LogP contribution is -2.23. The van der Waals surface area contributed by atoms with Crippen molar-refractivity contribution in [2.45, 2.75) is 11.4 Å². The number of nitrogen functional groups attached to an aromatic ring is 1. The van der Waals surface area contributed by atoms with Crippen LogP contribution in [0, 0.1) is 0 Å². The number of aromatic amines is 1. The second kappa shape index (κ2) is 5.09. The van der Waals surface area contributed by atoms with Crippen LogP contribution in [-0.4, -0.2) is 18.4 Å². The summed E-state index contributed by atoms with van der Waals surface area (Å²) >= 11 is 3.19. The Morgan fingerprint density at radius 2 is 2.22 bits per heavy atom. The van der Waals surface area contributed by atoms with E-state index >= 15 is 0 Å². The predicted octanol–water partition coefficient (Wildman–Crippen LogP) is 1.23. The number of anilines is 1. The van der Waals surface area contributed by atoms with E-state index in [0.717, 1.165) is 0 Å². The molecule has 0 aliphatic rings. The molecule has 0 aliphatic carbocycles. The molecular weight excluding hydrogens is 320 g/mol. The van der Waals surface area contributed by atoms with Gasteiger partial charge in [-0.3, -0.25) is 0 Å². The van der Waals surface area contributed by atoms with Crippen molar-refractivity contribution in [2.24, 2.45) is 0 Å². The first-order chi connectivity index (χ1) is 8.49. The van der Waals surface area contributed by atoms with Crippen LogP contribution in [-0.2, 0) is 16.6 Å². The fourth-order valence-electron chi connectivity index (χ4n) is 1.32. The van der Waals surface area contributed by atoms with Crippen LogP contribution in [0.4, 0.5) is 5.69 Å². The zero-order valence-corrected chi connectivity index (χ0v) is 11.6. The number of hydrogen-bond donors (Lipinski definition) is 3. The van der Waals surface area contributed by atoms with Crippen molar-refractivity contribution in [2.75, 3.05) is 5.73 Å². The quantitative estimate of drug-likeness (QED) is 0.734. The third-order valence-corrected chi connectivity index (χ3v) is 4.35. The minimum atomic E-state index is -3.57. The highest BCUT2D eigenvalue weighted by molar-refractivity contribution is 9.10. The van der Waals surface area contributed by atoms with E-state index in [1.54, 1.807) is 12.4 Å². The van der Waals surface area contributed by atoms with Gasteiger partial charge < -0.3 is 10.7 Å². The van der Waals surface area contributed by atoms with Crippen molar-refractivity contribution in [1.29, 1.82) is 0 Å². The van der Waals surface area contributed by atoms with Gasteiger partial charge in [-0.25, -0.2) is 18.1 Å². The number of halogens is 1. The van der Waals surface area contributed by atoms with E-state index < -0.39 is 10.0 Å². The molecule has 0 spiro atoms. The van der Waals surface area contributed by atoms with Crippen LogP contribution in [0.3, 0.4) is 0 Å². The Labute approximate surface area is 113 Å². The van der Waals surface area contributed by atoms with Gasteiger partial charge in [-0.2, -0.15) is 0 Å². The number of sulfonamides is 1. The van der Waals surface area contributed by atoms with Crippen LogP contribution in [0.5, 0.6) is 0 Å². The number of H-pyrrole nitrogens is 1. The molecule has 0 unspecified atom stereocenters. The average molecular weight is 331 g/mol. The topological polar surface area (TPSA) is 101 Å². The van der Waals surface area contributed by atoms with Crippen molar-refractivity contribution in [3.63, 3.8) is 0 Å². The van der Waals surface area contributed by atoms with E-state index in [0.29, 0.717) is 16.0 Å². The molecule has 1 heterocycles. The molecule has 2 rings (SSSR count). The van der Waals surface area contributed by atoms with Crippen LogP contribution in [0.25, 0.3) is 0 Å². The summed E-state index contributed by atoms with van der Waals surface area (Å²) in [5.41, 5.74) is 6.09. The lowest BCUT2D eigenvalue weighted by molar-refractivity contribution is 0.579. The first-order valence-corrected chi connectivity index (χ1v) is 7.29. The van der Waals surface area contributed by atoms with Crippen molar-refractivity contribution in [3.05, 3.63) is 40.9 Å². The number of nitrogens with zero attached hydrogens (tertiary/aromatic N) is 1. The summed E-state index contributed by atoms with van der Waals surface area (Å²) in [5.74, 6) is 0.549. The molecule has 0 amide bonds. The van der Waals surface area contributed by atoms with Gasteiger partial charge in [0.05, 0.1) is 11.4 Å². The normalized spacial score (nSPS) is 11.6. The van der Waals surface area contributed by atoms with Crippen molar-refractivity contribution < 1.29 is 8.42 Å². The smallest absolute Gasteiger partial charge is 0.241 e. The van der Waals surface area contributed by atoms with Gasteiger partial charge in [0.1, 0.15) is 5.82 Å². The molecule has 0 radical (unpaired) electrons. The molecule has 18 heavy (non-hydrogen) atoms. The molecular formula is C10H11BrN4O2S. The Hall–Kier alpha value is -1.38. The van der Waals surface area contributed by atoms with Crippen LogP contribution in [0.2, 0.25) is 0 Å². The molecule has 0 fully saturated rings. The van der Waals surface area contributed by atoms with Crippen molar-refractivity contribution in [3.8, 4) is 0 Å². The fourth-order valence-corrected chi connectivity index (χ4v) is 2.86. The summed E-state index contributed by atoms with van der Waals surface area (Å²) in [4.78, 5) is 6.90. The Morgan fingerprint density at radius 3 is 2.83 bits per heavy atom. The summed E-state index contributed by atoms with van der Waals surface area (Å²) in [6.07, 6.45) is 3.19. The molecule has 0 saturated heterocycles. The zero-order chi connectivity index (χ0) is 13.2. The van der Waals surface area contributed by atoms with Gasteiger partial charge in [0.25, 0.3) is 0 Å². The van der Waals surface area contributed by atoms with E-state index in [1.165, 1.54) is 18.2 Å². The van der Waals surface area contributed by atoms with Crippen molar-refractivity contribution >= 4 is 31.6 Å². The number of benzene rings is 1. The van der Waals surface area contributed by atoms with E-state index in [2.05, 4.69) is 30.6 Å². The molecule has 1 aromatic heterocycles. The largest absolute Gasteiger partial charge is 0.398 e. The Bertz CT molecular complexity index is 640. The van der Waals surface area contributed by atoms with E-state index in [4.69, 9.17) is 5.73 Å². The maximum atomic E-state index is 12.0. The average Bonchev–Trinajstić information content (AvgIpc) is 2.83. The first-order valence-electron chi connectivity index (χ1n) is 5.02. The number of nitrogens with two attached hydrogens (primary N) is 1. The number of aromatic nitrogens is 2. The van der Waals surface area contributed by atoms with Crippen LogP contribution in [0.15, 0.2) is 40.0 Å². The van der Waals surface area contributed by atoms with Gasteiger partial charge in [-0.15, -0.1) is 0 Å². The number of hydrogen-bond acceptors (Lipinski definition) is 4. The lowest BCUT2D eigenvalue weighted by Gasteiger charge is -2.06. The minimum absolute atomic E-state index is 0.108. The monoisotopic (exact) mass is 330 g/mol. The molecule has 1 aromatic carbocycles. The van der Waals surface area contributed by atoms with Crippen LogP contribution in [0.1, 0.15) is 5.82 Å². The maximum absolute atomic E-state index is 12.0. The Kier molecular flexibility index (Phi) is 3.69. The molecule has 96 valence electrons. The van der Waals surface area contributed by atoms with E-state index in [1.807, 2.05) is 0 Å². The molecule has 0 bridgehead atoms. The SMILES string of the molecule is Nc1ccc(S(=O)(=O)NCc2ncc[nH]2)cc1Br. The van der Waals surface area contributed by atoms with Gasteiger partial charge in [-0.1, -0.05) is 0 Å². The third-order valence-electron chi connectivity index (χ3n) is 2.27. The highest BCUT2D eigenvalue weighted by atomic mass is 79.9. The predicted molar refractivity (Wildman–Crippen MR) is 71.2 cm³/mol. The zero-order valence-electron chi connectivity index (χ0n) is 9.22. The fraction of sp³-hybridized carbons (Fsp3) is 0.100. The van der Waals surface area contributed by atoms with Crippen LogP contribution < -0.4 is 10.5 Å². The van der Waals surface area contributed by atoms with Crippen molar-refractivity contribution in [1.82, 2.24) is 14.7 Å². The lowest BCUT2D eigenvalue weighted by atomic mass is 10.3. The first kappa shape index (κ1) is 13.1. The Morgan fingerprint density at radius 1 is 1.44 bits per heavy atom. The number of imidazole rings is 1. The van der Waals surface area contributed by atoms with Gasteiger partial charge in [0.2, 0.25) is 10.0 Å². The third kappa shape index (κ3) is 2.89. The summed E-state index contributed by atoms with van der Waals surface area (Å²) in [7, 11) is -3.57. The second-order valence-electron chi connectivity index (χ2n) is 3.54.